The monoisotopic (exact) mass is 443 g/mol. The Morgan fingerprint density at radius 2 is 1.80 bits per heavy atom. The van der Waals surface area contributed by atoms with Crippen molar-refractivity contribution >= 4 is 33.6 Å². The third-order valence-corrected chi connectivity index (χ3v) is 6.45. The molecule has 8 heteroatoms. The Balaban J connectivity index is 1.48. The minimum Gasteiger partial charge on any atom is -0.300 e. The second-order valence-corrected chi connectivity index (χ2v) is 9.37. The molecule has 1 heterocycles. The van der Waals surface area contributed by atoms with Crippen LogP contribution in [0.4, 0.5) is 5.13 Å². The summed E-state index contributed by atoms with van der Waals surface area (Å²) < 4.78 is 19.0. The van der Waals surface area contributed by atoms with Crippen molar-refractivity contribution in [2.75, 3.05) is 19.0 Å². The van der Waals surface area contributed by atoms with Crippen molar-refractivity contribution in [3.63, 3.8) is 0 Å². The molecule has 1 amide bonds. The molecule has 2 aromatic carbocycles. The summed E-state index contributed by atoms with van der Waals surface area (Å²) in [6, 6.07) is 18.0. The summed E-state index contributed by atoms with van der Waals surface area (Å²) in [7, 11) is 1.68. The van der Waals surface area contributed by atoms with E-state index in [1.165, 1.54) is 26.8 Å². The first-order valence-electron chi connectivity index (χ1n) is 9.52. The molecule has 0 saturated heterocycles. The number of thiazole rings is 1. The molecule has 0 aliphatic rings. The van der Waals surface area contributed by atoms with Crippen LogP contribution >= 0.6 is 11.3 Å². The number of rotatable bonds is 9. The number of carbonyl (C=O) groups excluding carboxylic acids is 1. The summed E-state index contributed by atoms with van der Waals surface area (Å²) >= 11 is -0.272. The van der Waals surface area contributed by atoms with E-state index in [4.69, 9.17) is 4.18 Å². The fourth-order valence-electron chi connectivity index (χ4n) is 2.78. The van der Waals surface area contributed by atoms with Gasteiger partial charge in [0, 0.05) is 24.9 Å². The maximum Gasteiger partial charge on any atom is 0.253 e. The number of anilines is 1. The highest BCUT2D eigenvalue weighted by atomic mass is 32.2. The van der Waals surface area contributed by atoms with Crippen LogP contribution in [0.5, 0.6) is 0 Å². The molecule has 1 unspecified atom stereocenters. The molecule has 0 spiro atoms. The molecule has 158 valence electrons. The van der Waals surface area contributed by atoms with Crippen LogP contribution in [0.1, 0.15) is 27.3 Å². The van der Waals surface area contributed by atoms with Crippen LogP contribution in [0.3, 0.4) is 0 Å². The van der Waals surface area contributed by atoms with Gasteiger partial charge in [0.2, 0.25) is 11.3 Å². The molecule has 3 aromatic rings. The molecule has 0 bridgehead atoms. The van der Waals surface area contributed by atoms with Gasteiger partial charge in [-0.15, -0.1) is 11.3 Å². The lowest BCUT2D eigenvalue weighted by Crippen LogP contribution is -2.26. The quantitative estimate of drug-likeness (QED) is 0.542. The van der Waals surface area contributed by atoms with E-state index in [0.717, 1.165) is 22.6 Å². The maximum atomic E-state index is 12.2. The number of carbonyl (C=O) groups is 1. The number of amides is 1. The zero-order valence-electron chi connectivity index (χ0n) is 17.3. The number of aryl methyl sites for hydroxylation is 2. The zero-order valence-corrected chi connectivity index (χ0v) is 18.9. The largest absolute Gasteiger partial charge is 0.300 e. The number of nitrogens with zero attached hydrogens (tertiary/aromatic N) is 2. The van der Waals surface area contributed by atoms with E-state index in [2.05, 4.69) is 41.5 Å². The number of aromatic nitrogens is 1. The second-order valence-electron chi connectivity index (χ2n) is 6.99. The Hall–Kier alpha value is -2.39. The average Bonchev–Trinajstić information content (AvgIpc) is 3.07. The smallest absolute Gasteiger partial charge is 0.253 e. The van der Waals surface area contributed by atoms with Crippen LogP contribution in [-0.4, -0.2) is 33.1 Å². The van der Waals surface area contributed by atoms with Gasteiger partial charge in [0.25, 0.3) is 5.91 Å². The van der Waals surface area contributed by atoms with E-state index < -0.39 is 11.3 Å². The summed E-state index contributed by atoms with van der Waals surface area (Å²) in [5.74, 6) is -0.382. The lowest BCUT2D eigenvalue weighted by Gasteiger charge is -2.14. The summed E-state index contributed by atoms with van der Waals surface area (Å²) in [6.07, 6.45) is 0.768. The van der Waals surface area contributed by atoms with Crippen molar-refractivity contribution in [1.82, 2.24) is 9.29 Å². The lowest BCUT2D eigenvalue weighted by molar-refractivity contribution is -0.118. The Bertz CT molecular complexity index is 1000. The predicted octanol–water partition coefficient (Wildman–Crippen LogP) is 4.02. The van der Waals surface area contributed by atoms with Crippen molar-refractivity contribution in [2.45, 2.75) is 26.8 Å². The van der Waals surface area contributed by atoms with E-state index >= 15 is 0 Å². The van der Waals surface area contributed by atoms with Crippen molar-refractivity contribution in [1.29, 1.82) is 0 Å². The van der Waals surface area contributed by atoms with Gasteiger partial charge in [0.05, 0.1) is 5.69 Å². The third kappa shape index (κ3) is 6.56. The first kappa shape index (κ1) is 22.3. The van der Waals surface area contributed by atoms with E-state index in [0.29, 0.717) is 11.7 Å². The molecular weight excluding hydrogens is 418 g/mol. The topological polar surface area (TPSA) is 71.5 Å². The molecule has 3 rings (SSSR count). The summed E-state index contributed by atoms with van der Waals surface area (Å²) in [5.41, 5.74) is 4.33. The predicted molar refractivity (Wildman–Crippen MR) is 121 cm³/mol. The fraction of sp³-hybridized carbons (Fsp3) is 0.273. The third-order valence-electron chi connectivity index (χ3n) is 4.42. The highest BCUT2D eigenvalue weighted by molar-refractivity contribution is 7.77. The summed E-state index contributed by atoms with van der Waals surface area (Å²) in [6.45, 7) is 4.14. The van der Waals surface area contributed by atoms with E-state index in [9.17, 15) is 9.00 Å². The first-order chi connectivity index (χ1) is 14.4. The van der Waals surface area contributed by atoms with Gasteiger partial charge in [-0.1, -0.05) is 60.2 Å². The summed E-state index contributed by atoms with van der Waals surface area (Å²) in [5, 5.41) is 3.25. The molecular formula is C22H25N3O3S2. The van der Waals surface area contributed by atoms with Crippen LogP contribution < -0.4 is 5.32 Å². The van der Waals surface area contributed by atoms with Crippen molar-refractivity contribution in [3.05, 3.63) is 81.9 Å². The second kappa shape index (κ2) is 10.6. The summed E-state index contributed by atoms with van der Waals surface area (Å²) in [4.78, 5) is 17.7. The molecule has 6 nitrogen and oxygen atoms in total. The normalized spacial score (nSPS) is 12.1. The molecule has 0 fully saturated rings. The number of hydrogen-bond donors (Lipinski definition) is 1. The van der Waals surface area contributed by atoms with Crippen LogP contribution in [0, 0.1) is 13.8 Å². The minimum absolute atomic E-state index is 0.308. The van der Waals surface area contributed by atoms with Gasteiger partial charge in [-0.25, -0.2) is 9.19 Å². The van der Waals surface area contributed by atoms with Gasteiger partial charge in [-0.3, -0.25) is 14.3 Å². The minimum atomic E-state index is -1.72. The molecule has 0 aliphatic carbocycles. The maximum absolute atomic E-state index is 12.2. The average molecular weight is 444 g/mol. The highest BCUT2D eigenvalue weighted by Gasteiger charge is 2.14. The Labute approximate surface area is 183 Å². The first-order valence-corrected chi connectivity index (χ1v) is 11.4. The molecule has 1 atom stereocenters. The Kier molecular flexibility index (Phi) is 7.87. The number of nitrogens with one attached hydrogen (secondary N) is 1. The van der Waals surface area contributed by atoms with Crippen LogP contribution in [0.15, 0.2) is 54.6 Å². The molecule has 1 N–H and O–H groups in total. The lowest BCUT2D eigenvalue weighted by atomic mass is 10.1. The molecule has 30 heavy (non-hydrogen) atoms. The van der Waals surface area contributed by atoms with Crippen molar-refractivity contribution in [3.8, 4) is 0 Å². The van der Waals surface area contributed by atoms with Gasteiger partial charge in [0.15, 0.2) is 5.13 Å². The molecule has 0 aliphatic heterocycles. The highest BCUT2D eigenvalue weighted by Crippen LogP contribution is 2.25. The number of benzene rings is 2. The van der Waals surface area contributed by atoms with E-state index in [1.807, 2.05) is 37.3 Å². The zero-order chi connectivity index (χ0) is 21.5. The van der Waals surface area contributed by atoms with Crippen LogP contribution in [-0.2, 0) is 33.2 Å². The van der Waals surface area contributed by atoms with Crippen LogP contribution in [0.2, 0.25) is 0 Å². The Morgan fingerprint density at radius 1 is 1.10 bits per heavy atom. The standard InChI is InChI=1S/C22H25N3O3S2/c1-16-9-11-18(12-10-16)13-20-17(2)23-22(29-20)24-21(26)15-28-30(27)25(3)14-19-7-5-4-6-8-19/h4-12H,13-15H2,1-3H3,(H,23,24,26). The van der Waals surface area contributed by atoms with Gasteiger partial charge >= 0.3 is 0 Å². The van der Waals surface area contributed by atoms with E-state index in [1.54, 1.807) is 7.05 Å². The van der Waals surface area contributed by atoms with Crippen molar-refractivity contribution in [2.24, 2.45) is 0 Å². The molecule has 0 radical (unpaired) electrons. The molecule has 1 aromatic heterocycles. The van der Waals surface area contributed by atoms with Crippen LogP contribution in [0.25, 0.3) is 0 Å². The van der Waals surface area contributed by atoms with Gasteiger partial charge in [-0.2, -0.15) is 4.31 Å². The van der Waals surface area contributed by atoms with Gasteiger partial charge in [0.1, 0.15) is 6.61 Å². The Morgan fingerprint density at radius 3 is 2.50 bits per heavy atom. The SMILES string of the molecule is Cc1ccc(Cc2sc(NC(=O)COS(=O)N(C)Cc3ccccc3)nc2C)cc1. The van der Waals surface area contributed by atoms with Crippen molar-refractivity contribution < 1.29 is 13.2 Å². The van der Waals surface area contributed by atoms with Gasteiger partial charge < -0.3 is 0 Å². The van der Waals surface area contributed by atoms with E-state index in [-0.39, 0.29) is 12.5 Å². The molecule has 0 saturated carbocycles. The fourth-order valence-corrected chi connectivity index (χ4v) is 4.43. The number of hydrogen-bond acceptors (Lipinski definition) is 5. The van der Waals surface area contributed by atoms with Gasteiger partial charge in [-0.05, 0) is 25.0 Å².